The normalized spacial score (nSPS) is 10.8. The quantitative estimate of drug-likeness (QED) is 0.749. The van der Waals surface area contributed by atoms with Crippen LogP contribution in [0.25, 0.3) is 11.0 Å². The van der Waals surface area contributed by atoms with Crippen LogP contribution < -0.4 is 5.32 Å². The largest absolute Gasteiger partial charge is 0.379 e. The van der Waals surface area contributed by atoms with Gasteiger partial charge in [-0.15, -0.1) is 0 Å². The monoisotopic (exact) mass is 317 g/mol. The van der Waals surface area contributed by atoms with E-state index in [0.717, 1.165) is 28.1 Å². The number of rotatable bonds is 3. The number of aromatic nitrogens is 2. The topological polar surface area (TPSA) is 37.8 Å². The van der Waals surface area contributed by atoms with Gasteiger partial charge >= 0.3 is 0 Å². The Labute approximate surface area is 132 Å². The van der Waals surface area contributed by atoms with Gasteiger partial charge in [0, 0.05) is 5.69 Å². The minimum atomic E-state index is 0.531. The molecule has 3 nitrogen and oxygen atoms in total. The molecule has 0 bridgehead atoms. The van der Waals surface area contributed by atoms with Gasteiger partial charge in [-0.3, -0.25) is 0 Å². The molecule has 0 spiro atoms. The fourth-order valence-corrected chi connectivity index (χ4v) is 2.38. The molecule has 0 saturated heterocycles. The van der Waals surface area contributed by atoms with Gasteiger partial charge in [0.05, 0.1) is 39.0 Å². The van der Waals surface area contributed by atoms with Crippen molar-refractivity contribution in [1.82, 2.24) is 9.97 Å². The Morgan fingerprint density at radius 2 is 1.67 bits per heavy atom. The lowest BCUT2D eigenvalue weighted by Gasteiger charge is -2.10. The average Bonchev–Trinajstić information content (AvgIpc) is 2.48. The molecule has 0 amide bonds. The van der Waals surface area contributed by atoms with Gasteiger partial charge in [-0.1, -0.05) is 35.3 Å². The standard InChI is InChI=1S/C16H13Cl2N3/c1-10-16(21-15-5-3-2-4-14(15)20-10)9-19-11-6-7-12(17)13(18)8-11/h2-8,19H,9H2,1H3. The first-order valence-corrected chi connectivity index (χ1v) is 7.30. The number of benzene rings is 2. The molecule has 1 heterocycles. The van der Waals surface area contributed by atoms with Crippen LogP contribution in [0.3, 0.4) is 0 Å². The van der Waals surface area contributed by atoms with E-state index in [-0.39, 0.29) is 0 Å². The molecule has 1 aromatic heterocycles. The van der Waals surface area contributed by atoms with Crippen molar-refractivity contribution in [2.45, 2.75) is 13.5 Å². The van der Waals surface area contributed by atoms with Crippen LogP contribution in [0.4, 0.5) is 5.69 Å². The van der Waals surface area contributed by atoms with Crippen molar-refractivity contribution in [2.75, 3.05) is 5.32 Å². The predicted octanol–water partition coefficient (Wildman–Crippen LogP) is 4.86. The summed E-state index contributed by atoms with van der Waals surface area (Å²) in [4.78, 5) is 9.22. The third-order valence-electron chi connectivity index (χ3n) is 3.22. The number of nitrogens with zero attached hydrogens (tertiary/aromatic N) is 2. The molecule has 0 atom stereocenters. The van der Waals surface area contributed by atoms with Gasteiger partial charge in [0.1, 0.15) is 0 Å². The first kappa shape index (κ1) is 14.1. The molecule has 0 aliphatic rings. The van der Waals surface area contributed by atoms with Crippen molar-refractivity contribution < 1.29 is 0 Å². The summed E-state index contributed by atoms with van der Waals surface area (Å²) < 4.78 is 0. The minimum absolute atomic E-state index is 0.531. The smallest absolute Gasteiger partial charge is 0.0891 e. The van der Waals surface area contributed by atoms with Gasteiger partial charge in [-0.25, -0.2) is 9.97 Å². The molecule has 0 aliphatic heterocycles. The van der Waals surface area contributed by atoms with Crippen LogP contribution in [0.1, 0.15) is 11.4 Å². The Kier molecular flexibility index (Phi) is 3.95. The van der Waals surface area contributed by atoms with E-state index in [2.05, 4.69) is 15.3 Å². The van der Waals surface area contributed by atoms with E-state index < -0.39 is 0 Å². The molecule has 0 aliphatic carbocycles. The van der Waals surface area contributed by atoms with Crippen LogP contribution in [0, 0.1) is 6.92 Å². The molecule has 3 aromatic rings. The molecule has 0 radical (unpaired) electrons. The maximum absolute atomic E-state index is 6.01. The summed E-state index contributed by atoms with van der Waals surface area (Å²) in [5.74, 6) is 0. The number of aryl methyl sites for hydroxylation is 1. The predicted molar refractivity (Wildman–Crippen MR) is 88.1 cm³/mol. The van der Waals surface area contributed by atoms with Crippen LogP contribution >= 0.6 is 23.2 Å². The maximum Gasteiger partial charge on any atom is 0.0891 e. The molecule has 3 rings (SSSR count). The van der Waals surface area contributed by atoms with Gasteiger partial charge < -0.3 is 5.32 Å². The summed E-state index contributed by atoms with van der Waals surface area (Å²) in [5.41, 5.74) is 4.54. The Morgan fingerprint density at radius 3 is 2.38 bits per heavy atom. The first-order chi connectivity index (χ1) is 10.1. The molecular formula is C16H13Cl2N3. The third kappa shape index (κ3) is 3.09. The number of para-hydroxylation sites is 2. The summed E-state index contributed by atoms with van der Waals surface area (Å²) in [6.45, 7) is 2.55. The zero-order valence-electron chi connectivity index (χ0n) is 11.4. The summed E-state index contributed by atoms with van der Waals surface area (Å²) in [7, 11) is 0. The average molecular weight is 318 g/mol. The number of nitrogens with one attached hydrogen (secondary N) is 1. The SMILES string of the molecule is Cc1nc2ccccc2nc1CNc1ccc(Cl)c(Cl)c1. The molecule has 0 saturated carbocycles. The summed E-state index contributed by atoms with van der Waals surface area (Å²) in [6, 6.07) is 13.3. The van der Waals surface area contributed by atoms with Crippen LogP contribution in [0.5, 0.6) is 0 Å². The lowest BCUT2D eigenvalue weighted by Crippen LogP contribution is -2.05. The minimum Gasteiger partial charge on any atom is -0.379 e. The third-order valence-corrected chi connectivity index (χ3v) is 3.96. The lowest BCUT2D eigenvalue weighted by molar-refractivity contribution is 0.998. The van der Waals surface area contributed by atoms with Gasteiger partial charge in [0.2, 0.25) is 0 Å². The van der Waals surface area contributed by atoms with Gasteiger partial charge in [-0.05, 0) is 37.3 Å². The Balaban J connectivity index is 1.84. The van der Waals surface area contributed by atoms with Crippen molar-refractivity contribution in [1.29, 1.82) is 0 Å². The number of fused-ring (bicyclic) bond motifs is 1. The van der Waals surface area contributed by atoms with E-state index >= 15 is 0 Å². The van der Waals surface area contributed by atoms with Crippen molar-refractivity contribution in [2.24, 2.45) is 0 Å². The second-order valence-corrected chi connectivity index (χ2v) is 5.54. The van der Waals surface area contributed by atoms with Crippen LogP contribution in [0.2, 0.25) is 10.0 Å². The van der Waals surface area contributed by atoms with E-state index in [1.54, 1.807) is 12.1 Å². The summed E-state index contributed by atoms with van der Waals surface area (Å²) >= 11 is 11.9. The zero-order chi connectivity index (χ0) is 14.8. The van der Waals surface area contributed by atoms with Crippen LogP contribution in [-0.4, -0.2) is 9.97 Å². The van der Waals surface area contributed by atoms with Crippen molar-refractivity contribution >= 4 is 39.9 Å². The molecule has 2 aromatic carbocycles. The number of anilines is 1. The molecule has 5 heteroatoms. The van der Waals surface area contributed by atoms with Crippen molar-refractivity contribution in [3.05, 3.63) is 63.9 Å². The molecule has 0 fully saturated rings. The van der Waals surface area contributed by atoms with E-state index in [1.807, 2.05) is 37.3 Å². The van der Waals surface area contributed by atoms with Gasteiger partial charge in [0.15, 0.2) is 0 Å². The van der Waals surface area contributed by atoms with E-state index in [9.17, 15) is 0 Å². The number of halogens is 2. The highest BCUT2D eigenvalue weighted by molar-refractivity contribution is 6.42. The molecular weight excluding hydrogens is 305 g/mol. The fraction of sp³-hybridized carbons (Fsp3) is 0.125. The summed E-state index contributed by atoms with van der Waals surface area (Å²) in [5, 5.41) is 4.36. The van der Waals surface area contributed by atoms with Crippen LogP contribution in [0.15, 0.2) is 42.5 Å². The second-order valence-electron chi connectivity index (χ2n) is 4.73. The van der Waals surface area contributed by atoms with Crippen LogP contribution in [-0.2, 0) is 6.54 Å². The number of hydrogen-bond acceptors (Lipinski definition) is 3. The van der Waals surface area contributed by atoms with E-state index in [1.165, 1.54) is 0 Å². The summed E-state index contributed by atoms with van der Waals surface area (Å²) in [6.07, 6.45) is 0. The fourth-order valence-electron chi connectivity index (χ4n) is 2.08. The first-order valence-electron chi connectivity index (χ1n) is 6.54. The van der Waals surface area contributed by atoms with Crippen molar-refractivity contribution in [3.63, 3.8) is 0 Å². The molecule has 0 unspecified atom stereocenters. The molecule has 106 valence electrons. The van der Waals surface area contributed by atoms with E-state index in [4.69, 9.17) is 23.2 Å². The highest BCUT2D eigenvalue weighted by atomic mass is 35.5. The van der Waals surface area contributed by atoms with E-state index in [0.29, 0.717) is 16.6 Å². The Morgan fingerprint density at radius 1 is 0.952 bits per heavy atom. The van der Waals surface area contributed by atoms with Gasteiger partial charge in [-0.2, -0.15) is 0 Å². The van der Waals surface area contributed by atoms with Crippen molar-refractivity contribution in [3.8, 4) is 0 Å². The Hall–Kier alpha value is -1.84. The highest BCUT2D eigenvalue weighted by Crippen LogP contribution is 2.25. The second kappa shape index (κ2) is 5.88. The zero-order valence-corrected chi connectivity index (χ0v) is 12.9. The molecule has 1 N–H and O–H groups in total. The lowest BCUT2D eigenvalue weighted by atomic mass is 10.2. The highest BCUT2D eigenvalue weighted by Gasteiger charge is 2.05. The molecule has 21 heavy (non-hydrogen) atoms. The van der Waals surface area contributed by atoms with Gasteiger partial charge in [0.25, 0.3) is 0 Å². The maximum atomic E-state index is 6.01. The number of hydrogen-bond donors (Lipinski definition) is 1. The Bertz CT molecular complexity index is 803.